The largest absolute Gasteiger partial charge is 0.454 e. The molecule has 0 saturated carbocycles. The zero-order valence-corrected chi connectivity index (χ0v) is 16.2. The molecule has 8 heteroatoms. The molecule has 1 aromatic carbocycles. The van der Waals surface area contributed by atoms with Crippen molar-refractivity contribution in [2.45, 2.75) is 18.2 Å². The van der Waals surface area contributed by atoms with Crippen molar-refractivity contribution in [3.05, 3.63) is 52.3 Å². The number of nitrogens with zero attached hydrogens (tertiary/aromatic N) is 2. The van der Waals surface area contributed by atoms with Crippen LogP contribution in [0.2, 0.25) is 0 Å². The Morgan fingerprint density at radius 3 is 2.92 bits per heavy atom. The summed E-state index contributed by atoms with van der Waals surface area (Å²) in [6, 6.07) is 7.60. The molecule has 2 aliphatic heterocycles. The van der Waals surface area contributed by atoms with E-state index in [1.165, 1.54) is 11.8 Å². The summed E-state index contributed by atoms with van der Waals surface area (Å²) in [7, 11) is 0. The zero-order chi connectivity index (χ0) is 17.4. The normalized spacial score (nSPS) is 18.9. The van der Waals surface area contributed by atoms with Crippen molar-refractivity contribution in [2.75, 3.05) is 6.79 Å². The fourth-order valence-corrected chi connectivity index (χ4v) is 4.76. The summed E-state index contributed by atoms with van der Waals surface area (Å²) in [4.78, 5) is 18.5. The molecule has 0 aliphatic carbocycles. The standard InChI is InChI=1S/C17H13BrN2O3S2/c18-12-6-14-13(22-9-23-14)4-11(12)5-15-16(21)20(17(24)25-15)8-10-2-1-3-19-7-10/h1-4,6-7,15H,5,8-9H2/t15-/m1/s1. The Balaban J connectivity index is 1.51. The summed E-state index contributed by atoms with van der Waals surface area (Å²) in [5, 5.41) is -0.235. The number of thiocarbonyl (C=S) groups is 1. The first kappa shape index (κ1) is 16.8. The molecule has 25 heavy (non-hydrogen) atoms. The number of benzene rings is 1. The predicted molar refractivity (Wildman–Crippen MR) is 103 cm³/mol. The lowest BCUT2D eigenvalue weighted by Gasteiger charge is -2.15. The van der Waals surface area contributed by atoms with Crippen molar-refractivity contribution in [3.8, 4) is 11.5 Å². The van der Waals surface area contributed by atoms with E-state index in [4.69, 9.17) is 21.7 Å². The van der Waals surface area contributed by atoms with E-state index >= 15 is 0 Å². The maximum atomic E-state index is 12.8. The molecular formula is C17H13BrN2O3S2. The van der Waals surface area contributed by atoms with Gasteiger partial charge in [0.2, 0.25) is 12.7 Å². The van der Waals surface area contributed by atoms with Crippen LogP contribution in [0.3, 0.4) is 0 Å². The number of rotatable bonds is 4. The Morgan fingerprint density at radius 2 is 2.16 bits per heavy atom. The molecule has 1 amide bonds. The first-order valence-electron chi connectivity index (χ1n) is 7.61. The third kappa shape index (κ3) is 3.38. The second-order valence-electron chi connectivity index (χ2n) is 5.66. The van der Waals surface area contributed by atoms with Crippen molar-refractivity contribution >= 4 is 50.1 Å². The van der Waals surface area contributed by atoms with Crippen LogP contribution in [0.1, 0.15) is 11.1 Å². The number of hydrogen-bond donors (Lipinski definition) is 0. The molecule has 1 saturated heterocycles. The van der Waals surface area contributed by atoms with Crippen molar-refractivity contribution in [2.24, 2.45) is 0 Å². The monoisotopic (exact) mass is 436 g/mol. The minimum absolute atomic E-state index is 0.0309. The Morgan fingerprint density at radius 1 is 1.36 bits per heavy atom. The van der Waals surface area contributed by atoms with Gasteiger partial charge in [-0.25, -0.2) is 0 Å². The average molecular weight is 437 g/mol. The van der Waals surface area contributed by atoms with Gasteiger partial charge in [0.25, 0.3) is 0 Å². The van der Waals surface area contributed by atoms with Crippen LogP contribution in [0, 0.1) is 0 Å². The van der Waals surface area contributed by atoms with Crippen LogP contribution < -0.4 is 9.47 Å². The highest BCUT2D eigenvalue weighted by Gasteiger charge is 2.37. The highest BCUT2D eigenvalue weighted by atomic mass is 79.9. The van der Waals surface area contributed by atoms with Crippen LogP contribution in [0.4, 0.5) is 0 Å². The molecule has 5 nitrogen and oxygen atoms in total. The van der Waals surface area contributed by atoms with Crippen LogP contribution in [-0.4, -0.2) is 32.2 Å². The van der Waals surface area contributed by atoms with Crippen molar-refractivity contribution in [1.82, 2.24) is 9.88 Å². The number of amides is 1. The highest BCUT2D eigenvalue weighted by molar-refractivity contribution is 9.10. The number of fused-ring (bicyclic) bond motifs is 1. The number of halogens is 1. The summed E-state index contributed by atoms with van der Waals surface area (Å²) < 4.78 is 12.3. The minimum Gasteiger partial charge on any atom is -0.454 e. The third-order valence-corrected chi connectivity index (χ3v) is 6.34. The average Bonchev–Trinajstić information content (AvgIpc) is 3.16. The van der Waals surface area contributed by atoms with E-state index in [1.54, 1.807) is 17.3 Å². The minimum atomic E-state index is -0.235. The molecule has 0 unspecified atom stereocenters. The van der Waals surface area contributed by atoms with Crippen molar-refractivity contribution in [1.29, 1.82) is 0 Å². The number of ether oxygens (including phenoxy) is 2. The fourth-order valence-electron chi connectivity index (χ4n) is 2.76. The summed E-state index contributed by atoms with van der Waals surface area (Å²) in [5.41, 5.74) is 1.96. The van der Waals surface area contributed by atoms with Crippen LogP contribution >= 0.6 is 39.9 Å². The molecule has 0 bridgehead atoms. The third-order valence-electron chi connectivity index (χ3n) is 4.02. The fraction of sp³-hybridized carbons (Fsp3) is 0.235. The van der Waals surface area contributed by atoms with Crippen LogP contribution in [0.25, 0.3) is 0 Å². The first-order valence-corrected chi connectivity index (χ1v) is 9.69. The van der Waals surface area contributed by atoms with Crippen molar-refractivity contribution in [3.63, 3.8) is 0 Å². The number of hydrogen-bond acceptors (Lipinski definition) is 6. The maximum absolute atomic E-state index is 12.8. The zero-order valence-electron chi connectivity index (χ0n) is 13.0. The smallest absolute Gasteiger partial charge is 0.242 e. The Kier molecular flexibility index (Phi) is 4.66. The molecule has 3 heterocycles. The number of thioether (sulfide) groups is 1. The molecule has 1 atom stereocenters. The van der Waals surface area contributed by atoms with Gasteiger partial charge in [-0.05, 0) is 35.7 Å². The maximum Gasteiger partial charge on any atom is 0.242 e. The molecule has 4 rings (SSSR count). The molecule has 0 radical (unpaired) electrons. The predicted octanol–water partition coefficient (Wildman–Crippen LogP) is 3.54. The molecule has 1 aromatic heterocycles. The lowest BCUT2D eigenvalue weighted by Crippen LogP contribution is -2.31. The van der Waals surface area contributed by atoms with E-state index in [2.05, 4.69) is 20.9 Å². The number of carbonyl (C=O) groups is 1. The van der Waals surface area contributed by atoms with Gasteiger partial charge >= 0.3 is 0 Å². The molecule has 0 spiro atoms. The van der Waals surface area contributed by atoms with E-state index in [-0.39, 0.29) is 18.0 Å². The van der Waals surface area contributed by atoms with Gasteiger partial charge in [0.15, 0.2) is 11.5 Å². The van der Waals surface area contributed by atoms with E-state index in [1.807, 2.05) is 24.3 Å². The molecule has 0 N–H and O–H groups in total. The van der Waals surface area contributed by atoms with Gasteiger partial charge in [-0.1, -0.05) is 46.0 Å². The summed E-state index contributed by atoms with van der Waals surface area (Å²) in [6.45, 7) is 0.683. The van der Waals surface area contributed by atoms with Gasteiger partial charge in [-0.2, -0.15) is 0 Å². The molecular weight excluding hydrogens is 424 g/mol. The number of aromatic nitrogens is 1. The van der Waals surface area contributed by atoms with E-state index < -0.39 is 0 Å². The van der Waals surface area contributed by atoms with Gasteiger partial charge in [-0.3, -0.25) is 14.7 Å². The lowest BCUT2D eigenvalue weighted by atomic mass is 10.1. The van der Waals surface area contributed by atoms with E-state index in [9.17, 15) is 4.79 Å². The Labute approximate surface area is 162 Å². The summed E-state index contributed by atoms with van der Waals surface area (Å²) in [6.07, 6.45) is 4.04. The molecule has 1 fully saturated rings. The Hall–Kier alpha value is -1.64. The molecule has 2 aliphatic rings. The van der Waals surface area contributed by atoms with Gasteiger partial charge in [0.1, 0.15) is 4.32 Å². The summed E-state index contributed by atoms with van der Waals surface area (Å²) >= 11 is 10.4. The van der Waals surface area contributed by atoms with Crippen LogP contribution in [0.15, 0.2) is 41.1 Å². The number of pyridine rings is 1. The second kappa shape index (κ2) is 6.93. The van der Waals surface area contributed by atoms with Gasteiger partial charge in [0, 0.05) is 16.9 Å². The first-order chi connectivity index (χ1) is 12.1. The van der Waals surface area contributed by atoms with Crippen LogP contribution in [-0.2, 0) is 17.8 Å². The summed E-state index contributed by atoms with van der Waals surface area (Å²) in [5.74, 6) is 1.46. The molecule has 2 aromatic rings. The van der Waals surface area contributed by atoms with Gasteiger partial charge in [0.05, 0.1) is 11.8 Å². The molecule has 128 valence electrons. The second-order valence-corrected chi connectivity index (χ2v) is 8.35. The highest BCUT2D eigenvalue weighted by Crippen LogP contribution is 2.39. The Bertz CT molecular complexity index is 847. The van der Waals surface area contributed by atoms with E-state index in [0.717, 1.165) is 21.3 Å². The topological polar surface area (TPSA) is 51.7 Å². The van der Waals surface area contributed by atoms with E-state index in [0.29, 0.717) is 23.0 Å². The van der Waals surface area contributed by atoms with Crippen molar-refractivity contribution < 1.29 is 14.3 Å². The number of carbonyl (C=O) groups excluding carboxylic acids is 1. The van der Waals surface area contributed by atoms with Crippen LogP contribution in [0.5, 0.6) is 11.5 Å². The quantitative estimate of drug-likeness (QED) is 0.683. The van der Waals surface area contributed by atoms with Gasteiger partial charge < -0.3 is 9.47 Å². The SMILES string of the molecule is O=C1[C@@H](Cc2cc3c(cc2Br)OCO3)SC(=S)N1Cc1cccnc1. The van der Waals surface area contributed by atoms with Gasteiger partial charge in [-0.15, -0.1) is 0 Å². The lowest BCUT2D eigenvalue weighted by molar-refractivity contribution is -0.126.